The molecule has 7 nitrogen and oxygen atoms in total. The number of methoxy groups -OCH3 is 1. The van der Waals surface area contributed by atoms with Crippen LogP contribution in [0, 0.1) is 0 Å². The van der Waals surface area contributed by atoms with E-state index >= 15 is 0 Å². The van der Waals surface area contributed by atoms with Crippen molar-refractivity contribution in [3.05, 3.63) is 84.3 Å². The summed E-state index contributed by atoms with van der Waals surface area (Å²) in [5.41, 5.74) is 3.28. The summed E-state index contributed by atoms with van der Waals surface area (Å²) in [4.78, 5) is 18.4. The Balaban J connectivity index is 1.66. The molecule has 2 aromatic heterocycles. The molecule has 2 heterocycles. The van der Waals surface area contributed by atoms with Crippen LogP contribution in [0.25, 0.3) is 16.9 Å². The van der Waals surface area contributed by atoms with E-state index < -0.39 is 0 Å². The topological polar surface area (TPSA) is 81.9 Å². The van der Waals surface area contributed by atoms with Gasteiger partial charge < -0.3 is 10.1 Å². The number of pyridine rings is 1. The Bertz CT molecular complexity index is 1180. The molecular weight excluding hydrogens is 410 g/mol. The maximum Gasteiger partial charge on any atom is 0.274 e. The van der Waals surface area contributed by atoms with Gasteiger partial charge in [-0.1, -0.05) is 23.4 Å². The molecule has 8 heteroatoms. The zero-order chi connectivity index (χ0) is 21.6. The highest BCUT2D eigenvalue weighted by atomic mass is 32.2. The van der Waals surface area contributed by atoms with Crippen LogP contribution < -0.4 is 10.1 Å². The minimum atomic E-state index is -0.304. The molecule has 31 heavy (non-hydrogen) atoms. The maximum absolute atomic E-state index is 13.0. The fraction of sp³-hybridized carbons (Fsp3) is 0.130. The highest BCUT2D eigenvalue weighted by Gasteiger charge is 2.22. The minimum Gasteiger partial charge on any atom is -0.497 e. The number of amides is 1. The van der Waals surface area contributed by atoms with Crippen LogP contribution in [0.2, 0.25) is 0 Å². The van der Waals surface area contributed by atoms with Crippen LogP contribution in [0.5, 0.6) is 5.75 Å². The van der Waals surface area contributed by atoms with Gasteiger partial charge in [0.05, 0.1) is 12.8 Å². The lowest BCUT2D eigenvalue weighted by Crippen LogP contribution is -2.24. The normalized spacial score (nSPS) is 10.6. The number of carbonyl (C=O) groups excluding carboxylic acids is 1. The Hall–Kier alpha value is -3.65. The van der Waals surface area contributed by atoms with E-state index in [-0.39, 0.29) is 11.6 Å². The molecule has 0 saturated heterocycles. The van der Waals surface area contributed by atoms with E-state index in [1.54, 1.807) is 35.9 Å². The van der Waals surface area contributed by atoms with Crippen molar-refractivity contribution in [3.63, 3.8) is 0 Å². The summed E-state index contributed by atoms with van der Waals surface area (Å²) < 4.78 is 6.95. The molecule has 0 atom stereocenters. The molecule has 0 saturated carbocycles. The van der Waals surface area contributed by atoms with Crippen LogP contribution in [0.15, 0.2) is 78.0 Å². The minimum absolute atomic E-state index is 0.233. The van der Waals surface area contributed by atoms with Gasteiger partial charge in [0.15, 0.2) is 5.69 Å². The molecule has 0 unspecified atom stereocenters. The third-order valence-corrected chi connectivity index (χ3v) is 5.47. The van der Waals surface area contributed by atoms with Crippen molar-refractivity contribution in [2.45, 2.75) is 11.4 Å². The molecule has 0 aliphatic rings. The molecule has 1 N–H and O–H groups in total. The zero-order valence-corrected chi connectivity index (χ0v) is 18.0. The summed E-state index contributed by atoms with van der Waals surface area (Å²) in [5.74, 6) is 0.381. The third kappa shape index (κ3) is 4.59. The Kier molecular flexibility index (Phi) is 6.28. The lowest BCUT2D eigenvalue weighted by atomic mass is 10.1. The average Bonchev–Trinajstić information content (AvgIpc) is 3.29. The first-order valence-electron chi connectivity index (χ1n) is 9.61. The van der Waals surface area contributed by atoms with Crippen molar-refractivity contribution in [2.24, 2.45) is 0 Å². The summed E-state index contributed by atoms with van der Waals surface area (Å²) in [6.45, 7) is 0.395. The highest BCUT2D eigenvalue weighted by Crippen LogP contribution is 2.26. The fourth-order valence-corrected chi connectivity index (χ4v) is 3.54. The second-order valence-corrected chi connectivity index (χ2v) is 7.55. The van der Waals surface area contributed by atoms with Gasteiger partial charge in [0.2, 0.25) is 0 Å². The molecule has 2 aromatic carbocycles. The summed E-state index contributed by atoms with van der Waals surface area (Å²) in [7, 11) is 1.60. The van der Waals surface area contributed by atoms with Crippen molar-refractivity contribution in [3.8, 4) is 22.7 Å². The van der Waals surface area contributed by atoms with Crippen LogP contribution in [0.1, 0.15) is 16.1 Å². The van der Waals surface area contributed by atoms with Gasteiger partial charge in [-0.25, -0.2) is 4.68 Å². The largest absolute Gasteiger partial charge is 0.497 e. The van der Waals surface area contributed by atoms with Crippen molar-refractivity contribution >= 4 is 17.7 Å². The number of ether oxygens (including phenoxy) is 1. The van der Waals surface area contributed by atoms with Crippen molar-refractivity contribution in [1.29, 1.82) is 0 Å². The van der Waals surface area contributed by atoms with Gasteiger partial charge in [0.25, 0.3) is 5.91 Å². The predicted molar refractivity (Wildman–Crippen MR) is 121 cm³/mol. The van der Waals surface area contributed by atoms with E-state index in [1.165, 1.54) is 4.90 Å². The van der Waals surface area contributed by atoms with Gasteiger partial charge in [0.1, 0.15) is 11.4 Å². The number of aromatic nitrogens is 4. The number of nitrogens with one attached hydrogen (secondary N) is 1. The first kappa shape index (κ1) is 20.6. The van der Waals surface area contributed by atoms with Crippen LogP contribution in [0.4, 0.5) is 0 Å². The Morgan fingerprint density at radius 1 is 1.13 bits per heavy atom. The average molecular weight is 432 g/mol. The van der Waals surface area contributed by atoms with Crippen molar-refractivity contribution in [2.75, 3.05) is 13.4 Å². The van der Waals surface area contributed by atoms with Crippen LogP contribution in [0.3, 0.4) is 0 Å². The van der Waals surface area contributed by atoms with Crippen molar-refractivity contribution < 1.29 is 9.53 Å². The molecule has 156 valence electrons. The molecule has 4 rings (SSSR count). The van der Waals surface area contributed by atoms with Gasteiger partial charge in [0, 0.05) is 35.5 Å². The molecule has 0 bridgehead atoms. The molecule has 0 aliphatic carbocycles. The first-order chi connectivity index (χ1) is 15.2. The molecule has 1 amide bonds. The maximum atomic E-state index is 13.0. The molecule has 4 aromatic rings. The number of benzene rings is 2. The number of hydrogen-bond acceptors (Lipinski definition) is 6. The van der Waals surface area contributed by atoms with Gasteiger partial charge in [-0.2, -0.15) is 0 Å². The predicted octanol–water partition coefficient (Wildman–Crippen LogP) is 3.99. The Morgan fingerprint density at radius 3 is 2.68 bits per heavy atom. The monoisotopic (exact) mass is 431 g/mol. The number of rotatable bonds is 7. The van der Waals surface area contributed by atoms with E-state index in [4.69, 9.17) is 4.74 Å². The summed E-state index contributed by atoms with van der Waals surface area (Å²) in [5, 5.41) is 11.4. The fourth-order valence-electron chi connectivity index (χ4n) is 3.13. The van der Waals surface area contributed by atoms with Crippen molar-refractivity contribution in [1.82, 2.24) is 25.3 Å². The summed E-state index contributed by atoms with van der Waals surface area (Å²) in [6.07, 6.45) is 5.40. The molecule has 0 spiro atoms. The quantitative estimate of drug-likeness (QED) is 0.446. The van der Waals surface area contributed by atoms with Gasteiger partial charge in [-0.15, -0.1) is 16.9 Å². The van der Waals surface area contributed by atoms with Gasteiger partial charge in [-0.3, -0.25) is 9.78 Å². The zero-order valence-electron chi connectivity index (χ0n) is 17.1. The molecular formula is C23H21N5O2S. The van der Waals surface area contributed by atoms with E-state index in [0.29, 0.717) is 18.0 Å². The summed E-state index contributed by atoms with van der Waals surface area (Å²) in [6, 6.07) is 19.2. The number of nitrogens with zero attached hydrogens (tertiary/aromatic N) is 4. The SMILES string of the molecule is COc1cccc(-n2nnc(C(=O)NCc3ccc(SC)cc3)c2-c2cccnc2)c1. The number of carbonyl (C=O) groups is 1. The molecule has 0 fully saturated rings. The van der Waals surface area contributed by atoms with Crippen LogP contribution >= 0.6 is 11.8 Å². The Morgan fingerprint density at radius 2 is 1.97 bits per heavy atom. The van der Waals surface area contributed by atoms with Crippen LogP contribution in [-0.4, -0.2) is 39.3 Å². The second kappa shape index (κ2) is 9.44. The van der Waals surface area contributed by atoms with E-state index in [1.807, 2.05) is 66.9 Å². The summed E-state index contributed by atoms with van der Waals surface area (Å²) >= 11 is 1.68. The molecule has 0 aliphatic heterocycles. The number of hydrogen-bond donors (Lipinski definition) is 1. The molecule has 0 radical (unpaired) electrons. The van der Waals surface area contributed by atoms with E-state index in [0.717, 1.165) is 16.8 Å². The smallest absolute Gasteiger partial charge is 0.274 e. The van der Waals surface area contributed by atoms with E-state index in [2.05, 4.69) is 20.6 Å². The third-order valence-electron chi connectivity index (χ3n) is 4.73. The highest BCUT2D eigenvalue weighted by molar-refractivity contribution is 7.98. The van der Waals surface area contributed by atoms with E-state index in [9.17, 15) is 4.79 Å². The first-order valence-corrected chi connectivity index (χ1v) is 10.8. The van der Waals surface area contributed by atoms with Crippen LogP contribution in [-0.2, 0) is 6.54 Å². The number of thioether (sulfide) groups is 1. The lowest BCUT2D eigenvalue weighted by Gasteiger charge is -2.10. The van der Waals surface area contributed by atoms with Gasteiger partial charge in [-0.05, 0) is 48.2 Å². The standard InChI is InChI=1S/C23H21N5O2S/c1-30-19-7-3-6-18(13-19)28-22(17-5-4-12-24-15-17)21(26-27-28)23(29)25-14-16-8-10-20(31-2)11-9-16/h3-13,15H,14H2,1-2H3,(H,25,29). The van der Waals surface area contributed by atoms with Gasteiger partial charge >= 0.3 is 0 Å². The lowest BCUT2D eigenvalue weighted by molar-refractivity contribution is 0.0946. The Labute approximate surface area is 184 Å². The second-order valence-electron chi connectivity index (χ2n) is 6.67.